The van der Waals surface area contributed by atoms with Gasteiger partial charge in [-0.1, -0.05) is 6.07 Å². The first kappa shape index (κ1) is 15.6. The SMILES string of the molecule is COCCOCCCOCc1ccc(C#N)cc1C. The average Bonchev–Trinajstić information content (AvgIpc) is 2.43. The Morgan fingerprint density at radius 3 is 2.58 bits per heavy atom. The van der Waals surface area contributed by atoms with Gasteiger partial charge in [0.15, 0.2) is 0 Å². The second-order valence-corrected chi connectivity index (χ2v) is 4.26. The van der Waals surface area contributed by atoms with Gasteiger partial charge in [0.05, 0.1) is 31.5 Å². The third-order valence-corrected chi connectivity index (χ3v) is 2.74. The number of nitriles is 1. The Morgan fingerprint density at radius 1 is 1.11 bits per heavy atom. The van der Waals surface area contributed by atoms with Crippen molar-refractivity contribution in [2.45, 2.75) is 20.0 Å². The zero-order valence-electron chi connectivity index (χ0n) is 11.6. The van der Waals surface area contributed by atoms with Gasteiger partial charge in [0, 0.05) is 20.3 Å². The van der Waals surface area contributed by atoms with Gasteiger partial charge in [-0.05, 0) is 36.6 Å². The number of benzene rings is 1. The standard InChI is InChI=1S/C15H21NO3/c1-13-10-14(11-16)4-5-15(13)12-19-7-3-6-18-9-8-17-2/h4-5,10H,3,6-9,12H2,1-2H3. The van der Waals surface area contributed by atoms with Crippen molar-refractivity contribution in [2.75, 3.05) is 33.5 Å². The largest absolute Gasteiger partial charge is 0.382 e. The molecule has 0 aliphatic heterocycles. The van der Waals surface area contributed by atoms with E-state index in [0.717, 1.165) is 17.5 Å². The first-order valence-corrected chi connectivity index (χ1v) is 6.42. The first-order valence-electron chi connectivity index (χ1n) is 6.42. The van der Waals surface area contributed by atoms with Gasteiger partial charge in [-0.3, -0.25) is 0 Å². The molecule has 104 valence electrons. The predicted octanol–water partition coefficient (Wildman–Crippen LogP) is 2.44. The molecule has 1 aromatic carbocycles. The number of aryl methyl sites for hydroxylation is 1. The molecule has 0 saturated heterocycles. The van der Waals surface area contributed by atoms with Crippen molar-refractivity contribution in [1.82, 2.24) is 0 Å². The number of hydrogen-bond donors (Lipinski definition) is 0. The van der Waals surface area contributed by atoms with E-state index in [1.165, 1.54) is 0 Å². The molecule has 19 heavy (non-hydrogen) atoms. The van der Waals surface area contributed by atoms with Crippen LogP contribution in [0.4, 0.5) is 0 Å². The topological polar surface area (TPSA) is 51.5 Å². The highest BCUT2D eigenvalue weighted by Crippen LogP contribution is 2.11. The number of hydrogen-bond acceptors (Lipinski definition) is 4. The van der Waals surface area contributed by atoms with E-state index in [4.69, 9.17) is 19.5 Å². The summed E-state index contributed by atoms with van der Waals surface area (Å²) >= 11 is 0. The Kier molecular flexibility index (Phi) is 7.83. The Morgan fingerprint density at radius 2 is 1.89 bits per heavy atom. The molecular formula is C15H21NO3. The molecule has 0 aromatic heterocycles. The van der Waals surface area contributed by atoms with Crippen LogP contribution in [0.25, 0.3) is 0 Å². The highest BCUT2D eigenvalue weighted by molar-refractivity contribution is 5.37. The third kappa shape index (κ3) is 6.35. The number of nitrogens with zero attached hydrogens (tertiary/aromatic N) is 1. The number of ether oxygens (including phenoxy) is 3. The van der Waals surface area contributed by atoms with Crippen LogP contribution in [0.1, 0.15) is 23.1 Å². The quantitative estimate of drug-likeness (QED) is 0.642. The molecule has 0 atom stereocenters. The lowest BCUT2D eigenvalue weighted by Gasteiger charge is -2.08. The van der Waals surface area contributed by atoms with Crippen molar-refractivity contribution in [3.63, 3.8) is 0 Å². The van der Waals surface area contributed by atoms with E-state index in [2.05, 4.69) is 6.07 Å². The van der Waals surface area contributed by atoms with Crippen LogP contribution >= 0.6 is 0 Å². The summed E-state index contributed by atoms with van der Waals surface area (Å²) in [6.07, 6.45) is 0.874. The van der Waals surface area contributed by atoms with Crippen LogP contribution in [0.15, 0.2) is 18.2 Å². The molecule has 4 nitrogen and oxygen atoms in total. The fourth-order valence-corrected chi connectivity index (χ4v) is 1.62. The molecule has 0 aliphatic carbocycles. The lowest BCUT2D eigenvalue weighted by Crippen LogP contribution is -2.06. The normalized spacial score (nSPS) is 10.4. The van der Waals surface area contributed by atoms with E-state index in [9.17, 15) is 0 Å². The average molecular weight is 263 g/mol. The van der Waals surface area contributed by atoms with Crippen LogP contribution in [0, 0.1) is 18.3 Å². The van der Waals surface area contributed by atoms with Gasteiger partial charge in [0.1, 0.15) is 0 Å². The van der Waals surface area contributed by atoms with Gasteiger partial charge in [-0.25, -0.2) is 0 Å². The molecule has 0 radical (unpaired) electrons. The van der Waals surface area contributed by atoms with E-state index in [0.29, 0.717) is 38.6 Å². The Labute approximate surface area is 114 Å². The van der Waals surface area contributed by atoms with Crippen LogP contribution in [-0.4, -0.2) is 33.5 Å². The minimum atomic E-state index is 0.579. The zero-order chi connectivity index (χ0) is 13.9. The lowest BCUT2D eigenvalue weighted by atomic mass is 10.1. The highest BCUT2D eigenvalue weighted by atomic mass is 16.5. The first-order chi connectivity index (χ1) is 9.27. The molecule has 0 spiro atoms. The molecule has 0 unspecified atom stereocenters. The summed E-state index contributed by atoms with van der Waals surface area (Å²) in [5.74, 6) is 0. The fourth-order valence-electron chi connectivity index (χ4n) is 1.62. The maximum Gasteiger partial charge on any atom is 0.0991 e. The minimum absolute atomic E-state index is 0.579. The molecule has 0 amide bonds. The van der Waals surface area contributed by atoms with Crippen LogP contribution in [0.3, 0.4) is 0 Å². The van der Waals surface area contributed by atoms with E-state index in [1.807, 2.05) is 25.1 Å². The molecule has 1 aromatic rings. The molecule has 0 N–H and O–H groups in total. The van der Waals surface area contributed by atoms with Gasteiger partial charge in [0.25, 0.3) is 0 Å². The van der Waals surface area contributed by atoms with Gasteiger partial charge < -0.3 is 14.2 Å². The zero-order valence-corrected chi connectivity index (χ0v) is 11.6. The Bertz CT molecular complexity index is 412. The van der Waals surface area contributed by atoms with Crippen molar-refractivity contribution >= 4 is 0 Å². The number of rotatable bonds is 9. The van der Waals surface area contributed by atoms with E-state index < -0.39 is 0 Å². The third-order valence-electron chi connectivity index (χ3n) is 2.74. The molecule has 0 heterocycles. The number of methoxy groups -OCH3 is 1. The molecule has 0 aliphatic rings. The van der Waals surface area contributed by atoms with Crippen LogP contribution in [-0.2, 0) is 20.8 Å². The predicted molar refractivity (Wildman–Crippen MR) is 72.9 cm³/mol. The van der Waals surface area contributed by atoms with Crippen molar-refractivity contribution in [1.29, 1.82) is 5.26 Å². The summed E-state index contributed by atoms with van der Waals surface area (Å²) < 4.78 is 15.8. The summed E-state index contributed by atoms with van der Waals surface area (Å²) in [5.41, 5.74) is 2.91. The summed E-state index contributed by atoms with van der Waals surface area (Å²) in [5, 5.41) is 8.78. The monoisotopic (exact) mass is 263 g/mol. The van der Waals surface area contributed by atoms with Gasteiger partial charge in [-0.2, -0.15) is 5.26 Å². The van der Waals surface area contributed by atoms with E-state index in [1.54, 1.807) is 7.11 Å². The second kappa shape index (κ2) is 9.51. The smallest absolute Gasteiger partial charge is 0.0991 e. The van der Waals surface area contributed by atoms with Crippen molar-refractivity contribution in [3.05, 3.63) is 34.9 Å². The summed E-state index contributed by atoms with van der Waals surface area (Å²) in [4.78, 5) is 0. The van der Waals surface area contributed by atoms with Crippen molar-refractivity contribution in [2.24, 2.45) is 0 Å². The summed E-state index contributed by atoms with van der Waals surface area (Å²) in [7, 11) is 1.66. The van der Waals surface area contributed by atoms with Gasteiger partial charge in [0.2, 0.25) is 0 Å². The van der Waals surface area contributed by atoms with Crippen LogP contribution < -0.4 is 0 Å². The Balaban J connectivity index is 2.14. The van der Waals surface area contributed by atoms with Crippen LogP contribution in [0.2, 0.25) is 0 Å². The Hall–Kier alpha value is -1.41. The molecule has 0 bridgehead atoms. The van der Waals surface area contributed by atoms with E-state index >= 15 is 0 Å². The molecule has 0 fully saturated rings. The maximum atomic E-state index is 8.78. The molecule has 0 saturated carbocycles. The van der Waals surface area contributed by atoms with Gasteiger partial charge in [-0.15, -0.1) is 0 Å². The maximum absolute atomic E-state index is 8.78. The highest BCUT2D eigenvalue weighted by Gasteiger charge is 2.00. The van der Waals surface area contributed by atoms with E-state index in [-0.39, 0.29) is 0 Å². The van der Waals surface area contributed by atoms with Crippen molar-refractivity contribution in [3.8, 4) is 6.07 Å². The molecule has 1 rings (SSSR count). The summed E-state index contributed by atoms with van der Waals surface area (Å²) in [6.45, 7) is 5.20. The summed E-state index contributed by atoms with van der Waals surface area (Å²) in [6, 6.07) is 7.78. The second-order valence-electron chi connectivity index (χ2n) is 4.26. The van der Waals surface area contributed by atoms with Crippen LogP contribution in [0.5, 0.6) is 0 Å². The minimum Gasteiger partial charge on any atom is -0.382 e. The van der Waals surface area contributed by atoms with Crippen molar-refractivity contribution < 1.29 is 14.2 Å². The molecular weight excluding hydrogens is 242 g/mol. The fraction of sp³-hybridized carbons (Fsp3) is 0.533. The van der Waals surface area contributed by atoms with Gasteiger partial charge >= 0.3 is 0 Å². The lowest BCUT2D eigenvalue weighted by molar-refractivity contribution is 0.0483. The molecule has 4 heteroatoms.